The largest absolute Gasteiger partial charge is 0.350 e. The Morgan fingerprint density at radius 2 is 1.58 bits per heavy atom. The highest BCUT2D eigenvalue weighted by Crippen LogP contribution is 2.60. The summed E-state index contributed by atoms with van der Waals surface area (Å²) in [7, 11) is 0. The molecule has 0 heterocycles. The van der Waals surface area contributed by atoms with Crippen LogP contribution < -0.4 is 5.32 Å². The molecule has 0 saturated heterocycles. The number of halogens is 1. The van der Waals surface area contributed by atoms with Crippen molar-refractivity contribution in [1.82, 2.24) is 5.32 Å². The number of amides is 1. The van der Waals surface area contributed by atoms with Gasteiger partial charge in [-0.25, -0.2) is 0 Å². The molecule has 4 aliphatic rings. The number of rotatable bonds is 3. The Morgan fingerprint density at radius 3 is 1.95 bits per heavy atom. The molecule has 0 spiro atoms. The SMILES string of the molecule is CC(Br)C(C)(C)NC(=O)C12CC3CC(CC(C3)C1)C2. The van der Waals surface area contributed by atoms with Crippen molar-refractivity contribution >= 4 is 21.8 Å². The number of carbonyl (C=O) groups excluding carboxylic acids is 1. The van der Waals surface area contributed by atoms with Crippen molar-refractivity contribution in [1.29, 1.82) is 0 Å². The second-order valence-electron chi connectivity index (χ2n) is 7.99. The van der Waals surface area contributed by atoms with Crippen molar-refractivity contribution in [2.45, 2.75) is 69.7 Å². The van der Waals surface area contributed by atoms with E-state index in [2.05, 4.69) is 42.0 Å². The van der Waals surface area contributed by atoms with E-state index in [1.165, 1.54) is 19.3 Å². The summed E-state index contributed by atoms with van der Waals surface area (Å²) in [6.45, 7) is 6.34. The molecule has 1 atom stereocenters. The van der Waals surface area contributed by atoms with Gasteiger partial charge in [0.15, 0.2) is 0 Å². The minimum atomic E-state index is -0.166. The standard InChI is InChI=1S/C16H26BrNO/c1-10(17)15(2,3)18-14(19)16-7-11-4-12(8-16)6-13(5-11)9-16/h10-13H,4-9H2,1-3H3,(H,18,19). The lowest BCUT2D eigenvalue weighted by Gasteiger charge is -2.56. The predicted molar refractivity (Wildman–Crippen MR) is 81.2 cm³/mol. The molecule has 1 amide bonds. The maximum Gasteiger partial charge on any atom is 0.226 e. The van der Waals surface area contributed by atoms with Gasteiger partial charge in [0.1, 0.15) is 0 Å². The Hall–Kier alpha value is -0.0500. The molecule has 19 heavy (non-hydrogen) atoms. The molecule has 1 N–H and O–H groups in total. The average molecular weight is 328 g/mol. The second kappa shape index (κ2) is 4.47. The zero-order valence-corrected chi connectivity index (χ0v) is 13.9. The van der Waals surface area contributed by atoms with Gasteiger partial charge < -0.3 is 5.32 Å². The maximum atomic E-state index is 12.9. The topological polar surface area (TPSA) is 29.1 Å². The fourth-order valence-electron chi connectivity index (χ4n) is 4.91. The first-order chi connectivity index (χ1) is 8.81. The molecule has 1 unspecified atom stereocenters. The van der Waals surface area contributed by atoms with E-state index in [0.29, 0.717) is 5.91 Å². The van der Waals surface area contributed by atoms with E-state index in [9.17, 15) is 4.79 Å². The van der Waals surface area contributed by atoms with E-state index in [1.54, 1.807) is 0 Å². The minimum Gasteiger partial charge on any atom is -0.350 e. The van der Waals surface area contributed by atoms with E-state index in [4.69, 9.17) is 0 Å². The van der Waals surface area contributed by atoms with Gasteiger partial charge in [0.2, 0.25) is 5.91 Å². The van der Waals surface area contributed by atoms with Crippen LogP contribution in [0.1, 0.15) is 59.3 Å². The predicted octanol–water partition coefficient (Wildman–Crippen LogP) is 3.88. The van der Waals surface area contributed by atoms with Gasteiger partial charge in [-0.2, -0.15) is 0 Å². The lowest BCUT2D eigenvalue weighted by Crippen LogP contribution is -2.59. The summed E-state index contributed by atoms with van der Waals surface area (Å²) < 4.78 is 0. The molecule has 4 rings (SSSR count). The van der Waals surface area contributed by atoms with Crippen molar-refractivity contribution in [3.63, 3.8) is 0 Å². The van der Waals surface area contributed by atoms with Crippen molar-refractivity contribution in [3.05, 3.63) is 0 Å². The number of hydrogen-bond acceptors (Lipinski definition) is 1. The number of carbonyl (C=O) groups is 1. The molecular formula is C16H26BrNO. The maximum absolute atomic E-state index is 12.9. The average Bonchev–Trinajstić information content (AvgIpc) is 2.26. The Balaban J connectivity index is 1.76. The van der Waals surface area contributed by atoms with Crippen LogP contribution in [0.2, 0.25) is 0 Å². The lowest BCUT2D eigenvalue weighted by atomic mass is 9.49. The molecule has 3 heteroatoms. The molecule has 0 radical (unpaired) electrons. The monoisotopic (exact) mass is 327 g/mol. The molecule has 4 saturated carbocycles. The highest BCUT2D eigenvalue weighted by molar-refractivity contribution is 9.09. The summed E-state index contributed by atoms with van der Waals surface area (Å²) in [5, 5.41) is 3.33. The van der Waals surface area contributed by atoms with Gasteiger partial charge in [-0.15, -0.1) is 0 Å². The first-order valence-corrected chi connectivity index (χ1v) is 8.69. The second-order valence-corrected chi connectivity index (χ2v) is 9.36. The van der Waals surface area contributed by atoms with Gasteiger partial charge in [0, 0.05) is 15.8 Å². The quantitative estimate of drug-likeness (QED) is 0.783. The van der Waals surface area contributed by atoms with Crippen LogP contribution in [0.5, 0.6) is 0 Å². The summed E-state index contributed by atoms with van der Waals surface area (Å²) in [6, 6.07) is 0. The Kier molecular flexibility index (Phi) is 3.28. The number of hydrogen-bond donors (Lipinski definition) is 1. The van der Waals surface area contributed by atoms with Crippen LogP contribution in [0.15, 0.2) is 0 Å². The van der Waals surface area contributed by atoms with Crippen LogP contribution in [-0.2, 0) is 4.79 Å². The van der Waals surface area contributed by atoms with E-state index < -0.39 is 0 Å². The third-order valence-electron chi connectivity index (χ3n) is 5.95. The fourth-order valence-corrected chi connectivity index (χ4v) is 5.03. The highest BCUT2D eigenvalue weighted by Gasteiger charge is 2.55. The van der Waals surface area contributed by atoms with Crippen molar-refractivity contribution < 1.29 is 4.79 Å². The summed E-state index contributed by atoms with van der Waals surface area (Å²) in [4.78, 5) is 13.2. The summed E-state index contributed by atoms with van der Waals surface area (Å²) in [5.74, 6) is 2.84. The molecule has 0 aliphatic heterocycles. The van der Waals surface area contributed by atoms with Crippen LogP contribution in [0.25, 0.3) is 0 Å². The summed E-state index contributed by atoms with van der Waals surface area (Å²) in [6.07, 6.45) is 7.63. The Labute approximate surface area is 125 Å². The molecular weight excluding hydrogens is 302 g/mol. The van der Waals surface area contributed by atoms with E-state index >= 15 is 0 Å². The first-order valence-electron chi connectivity index (χ1n) is 7.77. The zero-order valence-electron chi connectivity index (χ0n) is 12.3. The normalized spacial score (nSPS) is 42.2. The summed E-state index contributed by atoms with van der Waals surface area (Å²) in [5.41, 5.74) is -0.186. The van der Waals surface area contributed by atoms with E-state index in [0.717, 1.165) is 37.0 Å². The van der Waals surface area contributed by atoms with Crippen LogP contribution in [-0.4, -0.2) is 16.3 Å². The van der Waals surface area contributed by atoms with E-state index in [1.807, 2.05) is 0 Å². The van der Waals surface area contributed by atoms with Crippen LogP contribution >= 0.6 is 15.9 Å². The molecule has 0 aromatic rings. The van der Waals surface area contributed by atoms with E-state index in [-0.39, 0.29) is 15.8 Å². The van der Waals surface area contributed by atoms with Gasteiger partial charge >= 0.3 is 0 Å². The van der Waals surface area contributed by atoms with Gasteiger partial charge in [0.25, 0.3) is 0 Å². The van der Waals surface area contributed by atoms with Crippen molar-refractivity contribution in [3.8, 4) is 0 Å². The molecule has 108 valence electrons. The zero-order chi connectivity index (χ0) is 13.8. The Bertz CT molecular complexity index is 353. The summed E-state index contributed by atoms with van der Waals surface area (Å²) >= 11 is 3.62. The van der Waals surface area contributed by atoms with Crippen LogP contribution in [0.3, 0.4) is 0 Å². The van der Waals surface area contributed by atoms with Crippen molar-refractivity contribution in [2.75, 3.05) is 0 Å². The third kappa shape index (κ3) is 2.36. The molecule has 2 nitrogen and oxygen atoms in total. The first kappa shape index (κ1) is 13.9. The molecule has 0 aromatic heterocycles. The third-order valence-corrected chi connectivity index (χ3v) is 7.09. The fraction of sp³-hybridized carbons (Fsp3) is 0.938. The van der Waals surface area contributed by atoms with Crippen molar-refractivity contribution in [2.24, 2.45) is 23.2 Å². The van der Waals surface area contributed by atoms with Crippen LogP contribution in [0.4, 0.5) is 0 Å². The highest BCUT2D eigenvalue weighted by atomic mass is 79.9. The van der Waals surface area contributed by atoms with Gasteiger partial charge in [-0.05, 0) is 70.1 Å². The lowest BCUT2D eigenvalue weighted by molar-refractivity contribution is -0.148. The minimum absolute atomic E-state index is 0.0199. The van der Waals surface area contributed by atoms with Gasteiger partial charge in [-0.1, -0.05) is 22.9 Å². The van der Waals surface area contributed by atoms with Crippen LogP contribution in [0, 0.1) is 23.2 Å². The molecule has 0 aromatic carbocycles. The number of alkyl halides is 1. The van der Waals surface area contributed by atoms with Gasteiger partial charge in [-0.3, -0.25) is 4.79 Å². The molecule has 4 aliphatic carbocycles. The molecule has 4 fully saturated rings. The molecule has 4 bridgehead atoms. The number of nitrogens with one attached hydrogen (secondary N) is 1. The smallest absolute Gasteiger partial charge is 0.226 e. The Morgan fingerprint density at radius 1 is 1.16 bits per heavy atom. The van der Waals surface area contributed by atoms with Gasteiger partial charge in [0.05, 0.1) is 0 Å².